The van der Waals surface area contributed by atoms with E-state index in [1.165, 1.54) is 4.68 Å². The minimum Gasteiger partial charge on any atom is -0.381 e. The van der Waals surface area contributed by atoms with E-state index in [1.807, 2.05) is 43.3 Å². The lowest BCUT2D eigenvalue weighted by Crippen LogP contribution is -2.32. The molecule has 0 saturated carbocycles. The standard InChI is InChI=1S/C22H22N4O2S/c1-2-25-16-24-26(21(25)27)18-6-8-19(9-7-18)29-20-5-3-4-17(14-20)22(15-23)10-12-28-13-11-22/h3-9,14,16H,2,10-13H2,1H3. The number of aromatic nitrogens is 3. The average Bonchev–Trinajstić information content (AvgIpc) is 3.15. The molecule has 0 unspecified atom stereocenters. The highest BCUT2D eigenvalue weighted by atomic mass is 32.2. The number of hydrogen-bond donors (Lipinski definition) is 0. The van der Waals surface area contributed by atoms with Gasteiger partial charge in [0.2, 0.25) is 0 Å². The molecule has 3 aromatic rings. The zero-order valence-corrected chi connectivity index (χ0v) is 17.1. The molecule has 1 aromatic heterocycles. The molecular formula is C22H22N4O2S. The molecule has 0 aliphatic carbocycles. The quantitative estimate of drug-likeness (QED) is 0.645. The summed E-state index contributed by atoms with van der Waals surface area (Å²) in [7, 11) is 0. The fourth-order valence-electron chi connectivity index (χ4n) is 3.56. The molecule has 2 aromatic carbocycles. The van der Waals surface area contributed by atoms with Crippen LogP contribution in [0.25, 0.3) is 5.69 Å². The summed E-state index contributed by atoms with van der Waals surface area (Å²) in [4.78, 5) is 14.4. The largest absolute Gasteiger partial charge is 0.381 e. The first-order valence-electron chi connectivity index (χ1n) is 9.67. The van der Waals surface area contributed by atoms with Gasteiger partial charge in [-0.3, -0.25) is 4.57 Å². The Hall–Kier alpha value is -2.82. The number of rotatable bonds is 5. The van der Waals surface area contributed by atoms with Crippen molar-refractivity contribution in [3.8, 4) is 11.8 Å². The van der Waals surface area contributed by atoms with Crippen molar-refractivity contribution in [2.75, 3.05) is 13.2 Å². The maximum Gasteiger partial charge on any atom is 0.350 e. The highest BCUT2D eigenvalue weighted by Crippen LogP contribution is 2.37. The van der Waals surface area contributed by atoms with Gasteiger partial charge in [-0.15, -0.1) is 0 Å². The van der Waals surface area contributed by atoms with E-state index in [2.05, 4.69) is 23.3 Å². The van der Waals surface area contributed by atoms with Crippen molar-refractivity contribution in [3.63, 3.8) is 0 Å². The van der Waals surface area contributed by atoms with E-state index in [0.29, 0.717) is 19.8 Å². The van der Waals surface area contributed by atoms with Gasteiger partial charge in [-0.05, 0) is 61.7 Å². The summed E-state index contributed by atoms with van der Waals surface area (Å²) < 4.78 is 8.42. The summed E-state index contributed by atoms with van der Waals surface area (Å²) in [6.45, 7) is 3.76. The van der Waals surface area contributed by atoms with Gasteiger partial charge >= 0.3 is 5.69 Å². The van der Waals surface area contributed by atoms with Crippen molar-refractivity contribution < 1.29 is 4.74 Å². The molecule has 6 nitrogen and oxygen atoms in total. The summed E-state index contributed by atoms with van der Waals surface area (Å²) in [5.41, 5.74) is 1.20. The van der Waals surface area contributed by atoms with E-state index in [9.17, 15) is 10.1 Å². The van der Waals surface area contributed by atoms with Crippen molar-refractivity contribution in [2.45, 2.75) is 41.5 Å². The SMILES string of the molecule is CCn1cnn(-c2ccc(Sc3cccc(C4(C#N)CCOCC4)c3)cc2)c1=O. The molecule has 1 fully saturated rings. The van der Waals surface area contributed by atoms with Gasteiger partial charge in [0.05, 0.1) is 17.2 Å². The van der Waals surface area contributed by atoms with Crippen molar-refractivity contribution in [1.29, 1.82) is 5.26 Å². The number of nitrogens with zero attached hydrogens (tertiary/aromatic N) is 4. The van der Waals surface area contributed by atoms with Crippen molar-refractivity contribution in [1.82, 2.24) is 14.3 Å². The number of ether oxygens (including phenoxy) is 1. The summed E-state index contributed by atoms with van der Waals surface area (Å²) in [5.74, 6) is 0. The van der Waals surface area contributed by atoms with Gasteiger partial charge in [-0.1, -0.05) is 23.9 Å². The fraction of sp³-hybridized carbons (Fsp3) is 0.318. The predicted octanol–water partition coefficient (Wildman–Crippen LogP) is 3.78. The Kier molecular flexibility index (Phi) is 5.56. The van der Waals surface area contributed by atoms with Crippen LogP contribution in [-0.2, 0) is 16.7 Å². The van der Waals surface area contributed by atoms with Gasteiger partial charge in [0, 0.05) is 29.5 Å². The van der Waals surface area contributed by atoms with Crippen LogP contribution in [0.15, 0.2) is 69.4 Å². The molecule has 0 atom stereocenters. The lowest BCUT2D eigenvalue weighted by atomic mass is 9.75. The highest BCUT2D eigenvalue weighted by Gasteiger charge is 2.34. The summed E-state index contributed by atoms with van der Waals surface area (Å²) in [6.07, 6.45) is 3.01. The molecule has 1 aliphatic heterocycles. The number of nitriles is 1. The van der Waals surface area contributed by atoms with Crippen LogP contribution in [0.3, 0.4) is 0 Å². The topological polar surface area (TPSA) is 72.8 Å². The molecular weight excluding hydrogens is 384 g/mol. The van der Waals surface area contributed by atoms with Crippen LogP contribution in [0.4, 0.5) is 0 Å². The van der Waals surface area contributed by atoms with E-state index in [4.69, 9.17) is 4.74 Å². The van der Waals surface area contributed by atoms with Crippen LogP contribution < -0.4 is 5.69 Å². The van der Waals surface area contributed by atoms with E-state index in [-0.39, 0.29) is 5.69 Å². The van der Waals surface area contributed by atoms with Gasteiger partial charge in [0.1, 0.15) is 6.33 Å². The smallest absolute Gasteiger partial charge is 0.350 e. The molecule has 0 spiro atoms. The summed E-state index contributed by atoms with van der Waals surface area (Å²) in [5, 5.41) is 14.0. The third-order valence-corrected chi connectivity index (χ3v) is 6.34. The molecule has 1 saturated heterocycles. The maximum absolute atomic E-state index is 12.2. The minimum atomic E-state index is -0.460. The zero-order valence-electron chi connectivity index (χ0n) is 16.2. The average molecular weight is 407 g/mol. The Morgan fingerprint density at radius 2 is 1.93 bits per heavy atom. The highest BCUT2D eigenvalue weighted by molar-refractivity contribution is 7.99. The molecule has 2 heterocycles. The van der Waals surface area contributed by atoms with E-state index in [0.717, 1.165) is 33.9 Å². The second kappa shape index (κ2) is 8.27. The zero-order chi connectivity index (χ0) is 20.3. The normalized spacial score (nSPS) is 15.7. The lowest BCUT2D eigenvalue weighted by Gasteiger charge is -2.31. The van der Waals surface area contributed by atoms with E-state index < -0.39 is 5.41 Å². The molecule has 0 amide bonds. The van der Waals surface area contributed by atoms with Gasteiger partial charge in [-0.25, -0.2) is 4.79 Å². The maximum atomic E-state index is 12.2. The fourth-order valence-corrected chi connectivity index (χ4v) is 4.44. The van der Waals surface area contributed by atoms with Gasteiger partial charge in [-0.2, -0.15) is 15.0 Å². The monoisotopic (exact) mass is 406 g/mol. The molecule has 0 bridgehead atoms. The Labute approximate surface area is 173 Å². The number of hydrogen-bond acceptors (Lipinski definition) is 5. The molecule has 0 N–H and O–H groups in total. The third kappa shape index (κ3) is 3.86. The summed E-state index contributed by atoms with van der Waals surface area (Å²) in [6, 6.07) is 18.5. The first-order valence-corrected chi connectivity index (χ1v) is 10.5. The second-order valence-corrected chi connectivity index (χ2v) is 8.19. The Morgan fingerprint density at radius 1 is 1.17 bits per heavy atom. The van der Waals surface area contributed by atoms with Crippen molar-refractivity contribution in [3.05, 3.63) is 70.9 Å². The molecule has 148 valence electrons. The predicted molar refractivity (Wildman–Crippen MR) is 111 cm³/mol. The van der Waals surface area contributed by atoms with Gasteiger partial charge in [0.15, 0.2) is 0 Å². The van der Waals surface area contributed by atoms with E-state index in [1.54, 1.807) is 22.7 Å². The van der Waals surface area contributed by atoms with Crippen LogP contribution in [0.5, 0.6) is 0 Å². The van der Waals surface area contributed by atoms with Gasteiger partial charge in [0.25, 0.3) is 0 Å². The Balaban J connectivity index is 1.55. The first-order chi connectivity index (χ1) is 14.1. The van der Waals surface area contributed by atoms with Crippen LogP contribution in [-0.4, -0.2) is 27.6 Å². The first kappa shape index (κ1) is 19.5. The molecule has 0 radical (unpaired) electrons. The van der Waals surface area contributed by atoms with Crippen molar-refractivity contribution >= 4 is 11.8 Å². The Morgan fingerprint density at radius 3 is 2.59 bits per heavy atom. The third-order valence-electron chi connectivity index (χ3n) is 5.34. The second-order valence-electron chi connectivity index (χ2n) is 7.04. The van der Waals surface area contributed by atoms with Gasteiger partial charge < -0.3 is 4.74 Å². The van der Waals surface area contributed by atoms with Crippen molar-refractivity contribution in [2.24, 2.45) is 0 Å². The molecule has 4 rings (SSSR count). The minimum absolute atomic E-state index is 0.140. The van der Waals surface area contributed by atoms with Crippen LogP contribution >= 0.6 is 11.8 Å². The van der Waals surface area contributed by atoms with Crippen LogP contribution in [0.2, 0.25) is 0 Å². The Bertz CT molecular complexity index is 1090. The number of aryl methyl sites for hydroxylation is 1. The lowest BCUT2D eigenvalue weighted by molar-refractivity contribution is 0.0675. The molecule has 7 heteroatoms. The molecule has 29 heavy (non-hydrogen) atoms. The van der Waals surface area contributed by atoms with Crippen LogP contribution in [0.1, 0.15) is 25.3 Å². The summed E-state index contributed by atoms with van der Waals surface area (Å²) >= 11 is 1.64. The number of benzene rings is 2. The molecule has 1 aliphatic rings. The van der Waals surface area contributed by atoms with Crippen LogP contribution in [0, 0.1) is 11.3 Å². The van der Waals surface area contributed by atoms with E-state index >= 15 is 0 Å².